The molecular formula is C10H15NO4. The van der Waals surface area contributed by atoms with Crippen LogP contribution in [-0.4, -0.2) is 39.3 Å². The first-order valence-electron chi connectivity index (χ1n) is 4.93. The molecule has 1 aliphatic rings. The molecule has 2 N–H and O–H groups in total. The van der Waals surface area contributed by atoms with Crippen LogP contribution < -0.4 is 0 Å². The Morgan fingerprint density at radius 2 is 2.07 bits per heavy atom. The van der Waals surface area contributed by atoms with Crippen LogP contribution in [0.1, 0.15) is 25.7 Å². The summed E-state index contributed by atoms with van der Waals surface area (Å²) in [5.74, 6) is -1.06. The molecule has 0 unspecified atom stereocenters. The number of rotatable bonds is 4. The lowest BCUT2D eigenvalue weighted by Gasteiger charge is -2.24. The predicted molar refractivity (Wildman–Crippen MR) is 53.7 cm³/mol. The van der Waals surface area contributed by atoms with Gasteiger partial charge in [0.2, 0.25) is 0 Å². The SMILES string of the molecule is C=CCC[C@H]1CC[C@@H](C(=O)O)N1C(=O)O. The molecule has 0 saturated carbocycles. The van der Waals surface area contributed by atoms with Gasteiger partial charge in [0.1, 0.15) is 6.04 Å². The van der Waals surface area contributed by atoms with E-state index in [1.165, 1.54) is 0 Å². The smallest absolute Gasteiger partial charge is 0.408 e. The van der Waals surface area contributed by atoms with Crippen LogP contribution in [0.15, 0.2) is 12.7 Å². The molecule has 5 heteroatoms. The molecule has 0 radical (unpaired) electrons. The van der Waals surface area contributed by atoms with Crippen LogP contribution >= 0.6 is 0 Å². The number of nitrogens with zero attached hydrogens (tertiary/aromatic N) is 1. The van der Waals surface area contributed by atoms with Gasteiger partial charge in [-0.15, -0.1) is 6.58 Å². The fraction of sp³-hybridized carbons (Fsp3) is 0.600. The minimum atomic E-state index is -1.14. The molecule has 0 spiro atoms. The van der Waals surface area contributed by atoms with Crippen molar-refractivity contribution in [2.45, 2.75) is 37.8 Å². The molecular weight excluding hydrogens is 198 g/mol. The van der Waals surface area contributed by atoms with Crippen LogP contribution in [0.5, 0.6) is 0 Å². The van der Waals surface area contributed by atoms with Gasteiger partial charge >= 0.3 is 12.1 Å². The number of allylic oxidation sites excluding steroid dienone is 1. The van der Waals surface area contributed by atoms with Gasteiger partial charge in [-0.3, -0.25) is 4.90 Å². The maximum Gasteiger partial charge on any atom is 0.408 e. The van der Waals surface area contributed by atoms with Gasteiger partial charge < -0.3 is 10.2 Å². The quantitative estimate of drug-likeness (QED) is 0.694. The minimum Gasteiger partial charge on any atom is -0.480 e. The highest BCUT2D eigenvalue weighted by atomic mass is 16.4. The number of aliphatic carboxylic acids is 1. The normalized spacial score (nSPS) is 25.2. The third kappa shape index (κ3) is 2.49. The molecule has 1 fully saturated rings. The largest absolute Gasteiger partial charge is 0.480 e. The minimum absolute atomic E-state index is 0.179. The first-order valence-corrected chi connectivity index (χ1v) is 4.93. The number of hydrogen-bond donors (Lipinski definition) is 2. The number of likely N-dealkylation sites (tertiary alicyclic amines) is 1. The molecule has 1 aliphatic heterocycles. The second-order valence-electron chi connectivity index (χ2n) is 3.64. The third-order valence-electron chi connectivity index (χ3n) is 2.71. The molecule has 0 aromatic carbocycles. The summed E-state index contributed by atoms with van der Waals surface area (Å²) in [4.78, 5) is 22.8. The molecule has 0 aliphatic carbocycles. The molecule has 1 heterocycles. The van der Waals surface area contributed by atoms with Gasteiger partial charge in [-0.25, -0.2) is 9.59 Å². The average Bonchev–Trinajstić information content (AvgIpc) is 2.58. The van der Waals surface area contributed by atoms with E-state index in [4.69, 9.17) is 10.2 Å². The van der Waals surface area contributed by atoms with E-state index in [1.54, 1.807) is 6.08 Å². The highest BCUT2D eigenvalue weighted by Crippen LogP contribution is 2.27. The van der Waals surface area contributed by atoms with Crippen LogP contribution in [-0.2, 0) is 4.79 Å². The summed E-state index contributed by atoms with van der Waals surface area (Å²) in [6.45, 7) is 3.56. The Morgan fingerprint density at radius 1 is 1.40 bits per heavy atom. The molecule has 84 valence electrons. The molecule has 15 heavy (non-hydrogen) atoms. The zero-order chi connectivity index (χ0) is 11.4. The van der Waals surface area contributed by atoms with E-state index in [9.17, 15) is 9.59 Å². The Labute approximate surface area is 88.0 Å². The number of carboxylic acid groups (broad SMARTS) is 2. The molecule has 2 atom stereocenters. The number of amides is 1. The van der Waals surface area contributed by atoms with Crippen molar-refractivity contribution in [3.8, 4) is 0 Å². The average molecular weight is 213 g/mol. The maximum atomic E-state index is 10.9. The van der Waals surface area contributed by atoms with Crippen LogP contribution in [0.4, 0.5) is 4.79 Å². The molecule has 0 aromatic heterocycles. The van der Waals surface area contributed by atoms with Gasteiger partial charge in [0.15, 0.2) is 0 Å². The second kappa shape index (κ2) is 4.82. The van der Waals surface area contributed by atoms with E-state index in [0.29, 0.717) is 25.7 Å². The van der Waals surface area contributed by atoms with Crippen molar-refractivity contribution in [1.29, 1.82) is 0 Å². The van der Waals surface area contributed by atoms with Crippen LogP contribution in [0.3, 0.4) is 0 Å². The molecule has 1 rings (SSSR count). The maximum absolute atomic E-state index is 10.9. The van der Waals surface area contributed by atoms with Crippen molar-refractivity contribution in [2.24, 2.45) is 0 Å². The van der Waals surface area contributed by atoms with E-state index in [0.717, 1.165) is 4.90 Å². The van der Waals surface area contributed by atoms with Gasteiger partial charge in [0.05, 0.1) is 0 Å². The summed E-state index contributed by atoms with van der Waals surface area (Å²) in [7, 11) is 0. The lowest BCUT2D eigenvalue weighted by atomic mass is 10.1. The van der Waals surface area contributed by atoms with Crippen LogP contribution in [0.25, 0.3) is 0 Å². The van der Waals surface area contributed by atoms with Gasteiger partial charge in [-0.05, 0) is 25.7 Å². The van der Waals surface area contributed by atoms with E-state index in [2.05, 4.69) is 6.58 Å². The van der Waals surface area contributed by atoms with E-state index in [1.807, 2.05) is 0 Å². The zero-order valence-electron chi connectivity index (χ0n) is 8.43. The van der Waals surface area contributed by atoms with Crippen LogP contribution in [0.2, 0.25) is 0 Å². The summed E-state index contributed by atoms with van der Waals surface area (Å²) >= 11 is 0. The summed E-state index contributed by atoms with van der Waals surface area (Å²) < 4.78 is 0. The van der Waals surface area contributed by atoms with Gasteiger partial charge in [-0.2, -0.15) is 0 Å². The highest BCUT2D eigenvalue weighted by Gasteiger charge is 2.40. The molecule has 1 saturated heterocycles. The van der Waals surface area contributed by atoms with Crippen molar-refractivity contribution in [2.75, 3.05) is 0 Å². The number of carboxylic acids is 1. The fourth-order valence-corrected chi connectivity index (χ4v) is 2.01. The molecule has 0 aromatic rings. The first-order chi connectivity index (χ1) is 7.07. The predicted octanol–water partition coefficient (Wildman–Crippen LogP) is 1.55. The van der Waals surface area contributed by atoms with E-state index in [-0.39, 0.29) is 6.04 Å². The van der Waals surface area contributed by atoms with Crippen molar-refractivity contribution >= 4 is 12.1 Å². The first kappa shape index (κ1) is 11.6. The van der Waals surface area contributed by atoms with Gasteiger partial charge in [0, 0.05) is 6.04 Å². The topological polar surface area (TPSA) is 77.8 Å². The summed E-state index contributed by atoms with van der Waals surface area (Å²) in [6, 6.07) is -1.06. The monoisotopic (exact) mass is 213 g/mol. The highest BCUT2D eigenvalue weighted by molar-refractivity contribution is 5.80. The Hall–Kier alpha value is -1.52. The third-order valence-corrected chi connectivity index (χ3v) is 2.71. The summed E-state index contributed by atoms with van der Waals surface area (Å²) in [5.41, 5.74) is 0. The van der Waals surface area contributed by atoms with Crippen molar-refractivity contribution in [3.05, 3.63) is 12.7 Å². The molecule has 5 nitrogen and oxygen atoms in total. The van der Waals surface area contributed by atoms with Gasteiger partial charge in [-0.1, -0.05) is 6.08 Å². The summed E-state index contributed by atoms with van der Waals surface area (Å²) in [5, 5.41) is 17.8. The standard InChI is InChI=1S/C10H15NO4/c1-2-3-4-7-5-6-8(9(12)13)11(7)10(14)15/h2,7-8H,1,3-6H2,(H,12,13)(H,14,15)/t7-,8-/m0/s1. The van der Waals surface area contributed by atoms with Crippen molar-refractivity contribution in [3.63, 3.8) is 0 Å². The van der Waals surface area contributed by atoms with E-state index < -0.39 is 18.1 Å². The van der Waals surface area contributed by atoms with Crippen LogP contribution in [0, 0.1) is 0 Å². The Morgan fingerprint density at radius 3 is 2.53 bits per heavy atom. The Bertz CT molecular complexity index is 277. The molecule has 1 amide bonds. The number of carbonyl (C=O) groups is 2. The van der Waals surface area contributed by atoms with Crippen molar-refractivity contribution in [1.82, 2.24) is 4.90 Å². The second-order valence-corrected chi connectivity index (χ2v) is 3.64. The summed E-state index contributed by atoms with van der Waals surface area (Å²) in [6.07, 6.45) is 2.96. The fourth-order valence-electron chi connectivity index (χ4n) is 2.01. The Balaban J connectivity index is 2.70. The van der Waals surface area contributed by atoms with E-state index >= 15 is 0 Å². The Kier molecular flexibility index (Phi) is 3.71. The lowest BCUT2D eigenvalue weighted by Crippen LogP contribution is -2.44. The van der Waals surface area contributed by atoms with Crippen molar-refractivity contribution < 1.29 is 19.8 Å². The lowest BCUT2D eigenvalue weighted by molar-refractivity contribution is -0.142. The number of hydrogen-bond acceptors (Lipinski definition) is 2. The molecule has 0 bridgehead atoms. The van der Waals surface area contributed by atoms with Gasteiger partial charge in [0.25, 0.3) is 0 Å². The zero-order valence-corrected chi connectivity index (χ0v) is 8.43.